The monoisotopic (exact) mass is 210 g/mol. The summed E-state index contributed by atoms with van der Waals surface area (Å²) in [5.41, 5.74) is 0. The van der Waals surface area contributed by atoms with Crippen LogP contribution in [0.25, 0.3) is 0 Å². The second-order valence-corrected chi connectivity index (χ2v) is 3.21. The van der Waals surface area contributed by atoms with Crippen molar-refractivity contribution in [2.45, 2.75) is 36.8 Å². The van der Waals surface area contributed by atoms with Crippen molar-refractivity contribution < 1.29 is 35.4 Å². The van der Waals surface area contributed by atoms with E-state index in [2.05, 4.69) is 4.74 Å². The topological polar surface area (TPSA) is 131 Å². The van der Waals surface area contributed by atoms with Crippen molar-refractivity contribution in [2.75, 3.05) is 6.61 Å². The van der Waals surface area contributed by atoms with Gasteiger partial charge in [0, 0.05) is 0 Å². The minimum Gasteiger partial charge on any atom is -0.394 e. The molecule has 0 saturated carbocycles. The van der Waals surface area contributed by atoms with Crippen LogP contribution in [0.1, 0.15) is 0 Å². The lowest BCUT2D eigenvalue weighted by Gasteiger charge is -2.23. The zero-order valence-electron chi connectivity index (χ0n) is 7.26. The third-order valence-corrected chi connectivity index (χ3v) is 2.19. The van der Waals surface area contributed by atoms with Gasteiger partial charge in [-0.05, 0) is 0 Å². The first-order valence-corrected chi connectivity index (χ1v) is 4.15. The summed E-state index contributed by atoms with van der Waals surface area (Å²) in [6, 6.07) is 0. The summed E-state index contributed by atoms with van der Waals surface area (Å²) < 4.78 is 4.61. The molecule has 0 spiro atoms. The van der Waals surface area contributed by atoms with Crippen molar-refractivity contribution in [3.8, 4) is 0 Å². The number of aliphatic hydroxyl groups is 6. The number of hydrogen-bond donors (Lipinski definition) is 6. The van der Waals surface area contributed by atoms with Gasteiger partial charge in [-0.2, -0.15) is 0 Å². The van der Waals surface area contributed by atoms with E-state index in [-0.39, 0.29) is 0 Å². The zero-order chi connectivity index (χ0) is 10.9. The standard InChI is InChI=1S/C7H14O7/c8-1-2(9)3(10)6-4(11)5(12)7(13)14-6/h2-13H,1H2/t2-,3+,4-,5+,6+,7?/m0/s1. The van der Waals surface area contributed by atoms with Crippen LogP contribution in [0.2, 0.25) is 0 Å². The van der Waals surface area contributed by atoms with E-state index in [1.165, 1.54) is 0 Å². The second kappa shape index (κ2) is 4.49. The molecule has 0 aromatic rings. The SMILES string of the molecule is OC[C@H](O)[C@@H](O)[C@H]1OC(O)[C@H](O)[C@@H]1O. The van der Waals surface area contributed by atoms with Gasteiger partial charge < -0.3 is 35.4 Å². The number of ether oxygens (including phenoxy) is 1. The molecule has 1 rings (SSSR count). The molecule has 0 aliphatic carbocycles. The Morgan fingerprint density at radius 3 is 2.00 bits per heavy atom. The largest absolute Gasteiger partial charge is 0.394 e. The molecule has 0 amide bonds. The first kappa shape index (κ1) is 11.8. The Morgan fingerprint density at radius 2 is 1.64 bits per heavy atom. The van der Waals surface area contributed by atoms with Gasteiger partial charge in [0.2, 0.25) is 0 Å². The highest BCUT2D eigenvalue weighted by molar-refractivity contribution is 4.92. The summed E-state index contributed by atoms with van der Waals surface area (Å²) in [6.45, 7) is -0.708. The molecule has 0 aromatic carbocycles. The molecule has 0 aromatic heterocycles. The number of rotatable bonds is 3. The van der Waals surface area contributed by atoms with Gasteiger partial charge in [-0.1, -0.05) is 0 Å². The van der Waals surface area contributed by atoms with Crippen LogP contribution in [0.15, 0.2) is 0 Å². The van der Waals surface area contributed by atoms with Crippen LogP contribution >= 0.6 is 0 Å². The van der Waals surface area contributed by atoms with Crippen LogP contribution in [0, 0.1) is 0 Å². The van der Waals surface area contributed by atoms with Crippen molar-refractivity contribution in [2.24, 2.45) is 0 Å². The highest BCUT2D eigenvalue weighted by Gasteiger charge is 2.46. The van der Waals surface area contributed by atoms with E-state index in [0.717, 1.165) is 0 Å². The molecule has 6 atom stereocenters. The lowest BCUT2D eigenvalue weighted by molar-refractivity contribution is -0.164. The summed E-state index contributed by atoms with van der Waals surface area (Å²) in [6.07, 6.45) is -9.01. The van der Waals surface area contributed by atoms with Crippen LogP contribution in [-0.2, 0) is 4.74 Å². The van der Waals surface area contributed by atoms with Crippen molar-refractivity contribution >= 4 is 0 Å². The van der Waals surface area contributed by atoms with Crippen molar-refractivity contribution in [3.63, 3.8) is 0 Å². The van der Waals surface area contributed by atoms with Crippen molar-refractivity contribution in [1.82, 2.24) is 0 Å². The van der Waals surface area contributed by atoms with Gasteiger partial charge in [0.05, 0.1) is 6.61 Å². The average Bonchev–Trinajstić information content (AvgIpc) is 2.43. The van der Waals surface area contributed by atoms with Gasteiger partial charge in [0.1, 0.15) is 30.5 Å². The molecule has 1 fully saturated rings. The Labute approximate surface area is 79.8 Å². The smallest absolute Gasteiger partial charge is 0.184 e. The fraction of sp³-hybridized carbons (Fsp3) is 1.00. The first-order valence-electron chi connectivity index (χ1n) is 4.15. The average molecular weight is 210 g/mol. The van der Waals surface area contributed by atoms with Crippen LogP contribution in [-0.4, -0.2) is 74.1 Å². The van der Waals surface area contributed by atoms with Crippen LogP contribution in [0.4, 0.5) is 0 Å². The summed E-state index contributed by atoms with van der Waals surface area (Å²) in [5, 5.41) is 54.1. The number of hydrogen-bond acceptors (Lipinski definition) is 7. The minimum atomic E-state index is -1.60. The van der Waals surface area contributed by atoms with Crippen molar-refractivity contribution in [3.05, 3.63) is 0 Å². The molecular weight excluding hydrogens is 196 g/mol. The van der Waals surface area contributed by atoms with Gasteiger partial charge in [-0.25, -0.2) is 0 Å². The molecule has 7 nitrogen and oxygen atoms in total. The van der Waals surface area contributed by atoms with Gasteiger partial charge in [-0.3, -0.25) is 0 Å². The van der Waals surface area contributed by atoms with E-state index in [0.29, 0.717) is 0 Å². The molecule has 14 heavy (non-hydrogen) atoms. The fourth-order valence-corrected chi connectivity index (χ4v) is 1.29. The molecule has 1 saturated heterocycles. The molecule has 6 N–H and O–H groups in total. The van der Waals surface area contributed by atoms with Gasteiger partial charge in [-0.15, -0.1) is 0 Å². The first-order chi connectivity index (χ1) is 6.49. The summed E-state index contributed by atoms with van der Waals surface area (Å²) in [4.78, 5) is 0. The summed E-state index contributed by atoms with van der Waals surface area (Å²) in [5.74, 6) is 0. The third-order valence-electron chi connectivity index (χ3n) is 2.19. The van der Waals surface area contributed by atoms with Crippen LogP contribution < -0.4 is 0 Å². The molecule has 1 heterocycles. The Bertz CT molecular complexity index is 187. The fourth-order valence-electron chi connectivity index (χ4n) is 1.29. The number of aliphatic hydroxyl groups excluding tert-OH is 6. The van der Waals surface area contributed by atoms with E-state index in [1.807, 2.05) is 0 Å². The molecule has 7 heteroatoms. The Balaban J connectivity index is 2.61. The van der Waals surface area contributed by atoms with Crippen molar-refractivity contribution in [1.29, 1.82) is 0 Å². The van der Waals surface area contributed by atoms with Crippen LogP contribution in [0.3, 0.4) is 0 Å². The Kier molecular flexibility index (Phi) is 3.78. The molecule has 84 valence electrons. The molecule has 1 aliphatic rings. The lowest BCUT2D eigenvalue weighted by Crippen LogP contribution is -2.46. The highest BCUT2D eigenvalue weighted by Crippen LogP contribution is 2.23. The van der Waals surface area contributed by atoms with E-state index < -0.39 is 43.4 Å². The quantitative estimate of drug-likeness (QED) is 0.281. The molecular formula is C7H14O7. The van der Waals surface area contributed by atoms with E-state index in [4.69, 9.17) is 20.4 Å². The maximum absolute atomic E-state index is 9.31. The summed E-state index contributed by atoms with van der Waals surface area (Å²) in [7, 11) is 0. The Morgan fingerprint density at radius 1 is 1.07 bits per heavy atom. The predicted molar refractivity (Wildman–Crippen MR) is 42.0 cm³/mol. The summed E-state index contributed by atoms with van der Waals surface area (Å²) >= 11 is 0. The van der Waals surface area contributed by atoms with E-state index >= 15 is 0 Å². The molecule has 1 aliphatic heterocycles. The molecule has 0 radical (unpaired) electrons. The second-order valence-electron chi connectivity index (χ2n) is 3.21. The van der Waals surface area contributed by atoms with Gasteiger partial charge >= 0.3 is 0 Å². The normalized spacial score (nSPS) is 42.4. The van der Waals surface area contributed by atoms with E-state index in [9.17, 15) is 10.2 Å². The maximum atomic E-state index is 9.31. The Hall–Kier alpha value is -0.280. The maximum Gasteiger partial charge on any atom is 0.184 e. The predicted octanol–water partition coefficient (Wildman–Crippen LogP) is -3.86. The highest BCUT2D eigenvalue weighted by atomic mass is 16.6. The lowest BCUT2D eigenvalue weighted by atomic mass is 10.0. The van der Waals surface area contributed by atoms with E-state index in [1.54, 1.807) is 0 Å². The van der Waals surface area contributed by atoms with Gasteiger partial charge in [0.15, 0.2) is 6.29 Å². The minimum absolute atomic E-state index is 0.708. The van der Waals surface area contributed by atoms with Gasteiger partial charge in [0.25, 0.3) is 0 Å². The zero-order valence-corrected chi connectivity index (χ0v) is 7.26. The van der Waals surface area contributed by atoms with Crippen LogP contribution in [0.5, 0.6) is 0 Å². The molecule has 1 unspecified atom stereocenters. The third kappa shape index (κ3) is 2.04. The molecule has 0 bridgehead atoms.